The van der Waals surface area contributed by atoms with Crippen LogP contribution in [0.25, 0.3) is 0 Å². The SMILES string of the molecule is COc1ccc(CNC(=O)N2CCC3(CCN(Cc4ccccc4)CC3)C2)nc1. The fourth-order valence-electron chi connectivity index (χ4n) is 4.46. The van der Waals surface area contributed by atoms with Crippen molar-refractivity contribution in [3.05, 3.63) is 59.9 Å². The first-order chi connectivity index (χ1) is 14.2. The van der Waals surface area contributed by atoms with Crippen LogP contribution >= 0.6 is 0 Å². The zero-order valence-corrected chi connectivity index (χ0v) is 17.1. The van der Waals surface area contributed by atoms with Crippen LogP contribution in [-0.2, 0) is 13.1 Å². The van der Waals surface area contributed by atoms with E-state index in [-0.39, 0.29) is 6.03 Å². The molecule has 2 aliphatic heterocycles. The van der Waals surface area contributed by atoms with Gasteiger partial charge in [-0.25, -0.2) is 4.79 Å². The minimum atomic E-state index is 0.0196. The van der Waals surface area contributed by atoms with E-state index in [1.165, 1.54) is 18.4 Å². The number of piperidine rings is 1. The second-order valence-corrected chi connectivity index (χ2v) is 8.28. The van der Waals surface area contributed by atoms with Gasteiger partial charge in [-0.1, -0.05) is 30.3 Å². The van der Waals surface area contributed by atoms with E-state index in [9.17, 15) is 4.79 Å². The van der Waals surface area contributed by atoms with Crippen molar-refractivity contribution in [3.8, 4) is 5.75 Å². The normalized spacial score (nSPS) is 18.7. The van der Waals surface area contributed by atoms with Crippen LogP contribution in [-0.4, -0.2) is 54.1 Å². The Labute approximate surface area is 172 Å². The number of hydrogen-bond acceptors (Lipinski definition) is 4. The maximum Gasteiger partial charge on any atom is 0.317 e. The number of aromatic nitrogens is 1. The molecule has 6 nitrogen and oxygen atoms in total. The number of amides is 2. The zero-order chi connectivity index (χ0) is 20.1. The van der Waals surface area contributed by atoms with Crippen LogP contribution in [0.1, 0.15) is 30.5 Å². The molecule has 154 valence electrons. The van der Waals surface area contributed by atoms with Crippen LogP contribution in [0.15, 0.2) is 48.7 Å². The van der Waals surface area contributed by atoms with Crippen molar-refractivity contribution in [2.24, 2.45) is 5.41 Å². The van der Waals surface area contributed by atoms with Gasteiger partial charge in [-0.15, -0.1) is 0 Å². The number of likely N-dealkylation sites (tertiary alicyclic amines) is 2. The summed E-state index contributed by atoms with van der Waals surface area (Å²) in [4.78, 5) is 21.5. The summed E-state index contributed by atoms with van der Waals surface area (Å²) in [7, 11) is 1.62. The number of nitrogens with one attached hydrogen (secondary N) is 1. The first-order valence-electron chi connectivity index (χ1n) is 10.4. The van der Waals surface area contributed by atoms with E-state index in [2.05, 4.69) is 45.5 Å². The minimum absolute atomic E-state index is 0.0196. The number of ether oxygens (including phenoxy) is 1. The number of carbonyl (C=O) groups is 1. The average Bonchev–Trinajstić information content (AvgIpc) is 3.19. The van der Waals surface area contributed by atoms with Crippen LogP contribution < -0.4 is 10.1 Å². The number of rotatable bonds is 5. The summed E-state index contributed by atoms with van der Waals surface area (Å²) in [5.74, 6) is 0.722. The molecular weight excluding hydrogens is 364 g/mol. The first-order valence-corrected chi connectivity index (χ1v) is 10.4. The number of pyridine rings is 1. The molecule has 4 rings (SSSR count). The third kappa shape index (κ3) is 4.88. The lowest BCUT2D eigenvalue weighted by atomic mass is 9.77. The summed E-state index contributed by atoms with van der Waals surface area (Å²) in [6.45, 7) is 5.40. The topological polar surface area (TPSA) is 57.7 Å². The molecule has 1 aromatic heterocycles. The van der Waals surface area contributed by atoms with Crippen LogP contribution in [0.5, 0.6) is 5.75 Å². The van der Waals surface area contributed by atoms with Crippen molar-refractivity contribution in [3.63, 3.8) is 0 Å². The number of benzene rings is 1. The van der Waals surface area contributed by atoms with Crippen LogP contribution in [0.4, 0.5) is 4.79 Å². The van der Waals surface area contributed by atoms with Gasteiger partial charge >= 0.3 is 6.03 Å². The van der Waals surface area contributed by atoms with Crippen molar-refractivity contribution < 1.29 is 9.53 Å². The smallest absolute Gasteiger partial charge is 0.317 e. The highest BCUT2D eigenvalue weighted by Crippen LogP contribution is 2.40. The summed E-state index contributed by atoms with van der Waals surface area (Å²) in [5.41, 5.74) is 2.51. The molecule has 0 aliphatic carbocycles. The Hall–Kier alpha value is -2.60. The van der Waals surface area contributed by atoms with E-state index in [0.29, 0.717) is 12.0 Å². The van der Waals surface area contributed by atoms with E-state index in [1.54, 1.807) is 13.3 Å². The molecule has 0 saturated carbocycles. The van der Waals surface area contributed by atoms with Gasteiger partial charge in [0, 0.05) is 19.6 Å². The number of hydrogen-bond donors (Lipinski definition) is 1. The fraction of sp³-hybridized carbons (Fsp3) is 0.478. The Morgan fingerprint density at radius 3 is 2.55 bits per heavy atom. The Balaban J connectivity index is 1.23. The number of carbonyl (C=O) groups excluding carboxylic acids is 1. The third-order valence-corrected chi connectivity index (χ3v) is 6.35. The van der Waals surface area contributed by atoms with Crippen molar-refractivity contribution in [2.45, 2.75) is 32.4 Å². The van der Waals surface area contributed by atoms with Crippen molar-refractivity contribution in [2.75, 3.05) is 33.3 Å². The fourth-order valence-corrected chi connectivity index (χ4v) is 4.46. The molecule has 1 N–H and O–H groups in total. The minimum Gasteiger partial charge on any atom is -0.495 e. The molecule has 0 unspecified atom stereocenters. The average molecular weight is 395 g/mol. The maximum atomic E-state index is 12.6. The standard InChI is InChI=1S/C23H30N4O2/c1-29-21-8-7-20(24-16-21)15-25-22(28)27-14-11-23(18-27)9-12-26(13-10-23)17-19-5-3-2-4-6-19/h2-8,16H,9-15,17-18H2,1H3,(H,25,28). The molecule has 2 aromatic rings. The van der Waals surface area contributed by atoms with Gasteiger partial charge in [-0.05, 0) is 55.5 Å². The summed E-state index contributed by atoms with van der Waals surface area (Å²) in [6, 6.07) is 14.4. The molecule has 0 atom stereocenters. The van der Waals surface area contributed by atoms with Crippen molar-refractivity contribution in [1.29, 1.82) is 0 Å². The lowest BCUT2D eigenvalue weighted by Crippen LogP contribution is -2.43. The van der Waals surface area contributed by atoms with Crippen LogP contribution in [0, 0.1) is 5.41 Å². The lowest BCUT2D eigenvalue weighted by molar-refractivity contribution is 0.105. The summed E-state index contributed by atoms with van der Waals surface area (Å²) >= 11 is 0. The molecular formula is C23H30N4O2. The van der Waals surface area contributed by atoms with E-state index in [0.717, 1.165) is 50.6 Å². The Bertz CT molecular complexity index is 801. The van der Waals surface area contributed by atoms with Gasteiger partial charge in [0.2, 0.25) is 0 Å². The molecule has 2 aliphatic rings. The van der Waals surface area contributed by atoms with Gasteiger partial charge in [0.25, 0.3) is 0 Å². The van der Waals surface area contributed by atoms with Gasteiger partial charge in [0.05, 0.1) is 25.5 Å². The molecule has 1 spiro atoms. The highest BCUT2D eigenvalue weighted by atomic mass is 16.5. The van der Waals surface area contributed by atoms with Crippen molar-refractivity contribution in [1.82, 2.24) is 20.1 Å². The lowest BCUT2D eigenvalue weighted by Gasteiger charge is -2.39. The van der Waals surface area contributed by atoms with Crippen LogP contribution in [0.2, 0.25) is 0 Å². The zero-order valence-electron chi connectivity index (χ0n) is 17.1. The third-order valence-electron chi connectivity index (χ3n) is 6.35. The first kappa shape index (κ1) is 19.7. The highest BCUT2D eigenvalue weighted by Gasteiger charge is 2.41. The maximum absolute atomic E-state index is 12.6. The molecule has 6 heteroatoms. The number of urea groups is 1. The number of nitrogens with zero attached hydrogens (tertiary/aromatic N) is 3. The summed E-state index contributed by atoms with van der Waals surface area (Å²) in [5, 5.41) is 3.02. The molecule has 2 fully saturated rings. The monoisotopic (exact) mass is 394 g/mol. The van der Waals surface area contributed by atoms with Gasteiger partial charge in [0.15, 0.2) is 0 Å². The molecule has 3 heterocycles. The molecule has 1 aromatic carbocycles. The quantitative estimate of drug-likeness (QED) is 0.846. The largest absolute Gasteiger partial charge is 0.495 e. The molecule has 2 amide bonds. The Morgan fingerprint density at radius 2 is 1.86 bits per heavy atom. The van der Waals surface area contributed by atoms with Gasteiger partial charge in [-0.2, -0.15) is 0 Å². The van der Waals surface area contributed by atoms with Crippen molar-refractivity contribution >= 4 is 6.03 Å². The van der Waals surface area contributed by atoms with Crippen LogP contribution in [0.3, 0.4) is 0 Å². The molecule has 0 radical (unpaired) electrons. The Kier molecular flexibility index (Phi) is 6.00. The summed E-state index contributed by atoms with van der Waals surface area (Å²) in [6.07, 6.45) is 5.13. The van der Waals surface area contributed by atoms with E-state index >= 15 is 0 Å². The van der Waals surface area contributed by atoms with E-state index < -0.39 is 0 Å². The van der Waals surface area contributed by atoms with E-state index in [1.807, 2.05) is 17.0 Å². The second kappa shape index (κ2) is 8.82. The van der Waals surface area contributed by atoms with Gasteiger partial charge < -0.3 is 15.0 Å². The molecule has 0 bridgehead atoms. The second-order valence-electron chi connectivity index (χ2n) is 8.28. The highest BCUT2D eigenvalue weighted by molar-refractivity contribution is 5.74. The predicted molar refractivity (Wildman–Crippen MR) is 113 cm³/mol. The van der Waals surface area contributed by atoms with Gasteiger partial charge in [0.1, 0.15) is 5.75 Å². The molecule has 2 saturated heterocycles. The molecule has 29 heavy (non-hydrogen) atoms. The summed E-state index contributed by atoms with van der Waals surface area (Å²) < 4.78 is 5.12. The predicted octanol–water partition coefficient (Wildman–Crippen LogP) is 3.29. The number of methoxy groups -OCH3 is 1. The Morgan fingerprint density at radius 1 is 1.10 bits per heavy atom. The van der Waals surface area contributed by atoms with E-state index in [4.69, 9.17) is 4.74 Å². The van der Waals surface area contributed by atoms with Gasteiger partial charge in [-0.3, -0.25) is 9.88 Å².